The number of aliphatic hydroxyl groups excluding tert-OH is 1. The highest BCUT2D eigenvalue weighted by Gasteiger charge is 2.27. The molecule has 0 heterocycles. The Morgan fingerprint density at radius 1 is 1.56 bits per heavy atom. The van der Waals surface area contributed by atoms with Crippen molar-refractivity contribution in [1.82, 2.24) is 0 Å². The number of carbonyl (C=O) groups is 1. The molecule has 2 atom stereocenters. The minimum atomic E-state index is -1.09. The fraction of sp³-hybridized carbons (Fsp3) is 0.364. The van der Waals surface area contributed by atoms with Gasteiger partial charge in [0.15, 0.2) is 0 Å². The first-order valence-electron chi connectivity index (χ1n) is 4.83. The van der Waals surface area contributed by atoms with E-state index in [-0.39, 0.29) is 0 Å². The minimum absolute atomic E-state index is 0.347. The minimum Gasteiger partial charge on any atom is -0.481 e. The Kier molecular flexibility index (Phi) is 4.77. The molecule has 0 fully saturated rings. The van der Waals surface area contributed by atoms with Crippen molar-refractivity contribution >= 4 is 33.5 Å². The highest BCUT2D eigenvalue weighted by Crippen LogP contribution is 2.32. The molecule has 0 aliphatic rings. The Hall–Kier alpha value is -0.580. The molecule has 0 radical (unpaired) electrons. The van der Waals surface area contributed by atoms with Crippen LogP contribution in [0.2, 0.25) is 5.02 Å². The van der Waals surface area contributed by atoms with Crippen molar-refractivity contribution in [2.45, 2.75) is 19.4 Å². The van der Waals surface area contributed by atoms with Gasteiger partial charge >= 0.3 is 5.97 Å². The molecule has 1 aromatic rings. The number of aliphatic hydroxyl groups is 1. The van der Waals surface area contributed by atoms with Crippen LogP contribution < -0.4 is 0 Å². The van der Waals surface area contributed by atoms with Crippen molar-refractivity contribution in [2.75, 3.05) is 0 Å². The molecule has 16 heavy (non-hydrogen) atoms. The summed E-state index contributed by atoms with van der Waals surface area (Å²) in [5.41, 5.74) is 0.435. The van der Waals surface area contributed by atoms with Crippen LogP contribution in [0.5, 0.6) is 0 Å². The summed E-state index contributed by atoms with van der Waals surface area (Å²) in [5, 5.41) is 19.3. The zero-order valence-electron chi connectivity index (χ0n) is 8.65. The van der Waals surface area contributed by atoms with E-state index in [0.29, 0.717) is 17.0 Å². The summed E-state index contributed by atoms with van der Waals surface area (Å²) >= 11 is 9.18. The van der Waals surface area contributed by atoms with Crippen LogP contribution in [0.4, 0.5) is 0 Å². The Morgan fingerprint density at radius 3 is 2.69 bits per heavy atom. The monoisotopic (exact) mass is 306 g/mol. The molecule has 2 N–H and O–H groups in total. The van der Waals surface area contributed by atoms with Gasteiger partial charge in [-0.05, 0) is 24.6 Å². The molecule has 0 aromatic heterocycles. The fourth-order valence-electron chi connectivity index (χ4n) is 1.49. The summed E-state index contributed by atoms with van der Waals surface area (Å²) in [7, 11) is 0. The first-order valence-corrected chi connectivity index (χ1v) is 6.00. The van der Waals surface area contributed by atoms with Crippen LogP contribution in [0.15, 0.2) is 22.7 Å². The van der Waals surface area contributed by atoms with Crippen LogP contribution in [0, 0.1) is 5.92 Å². The Labute approximate surface area is 107 Å². The lowest BCUT2D eigenvalue weighted by Crippen LogP contribution is -2.21. The third-order valence-corrected chi connectivity index (χ3v) is 3.25. The van der Waals surface area contributed by atoms with Gasteiger partial charge in [-0.2, -0.15) is 0 Å². The number of hydrogen-bond acceptors (Lipinski definition) is 2. The van der Waals surface area contributed by atoms with Crippen molar-refractivity contribution in [3.63, 3.8) is 0 Å². The summed E-state index contributed by atoms with van der Waals surface area (Å²) in [6, 6.07) is 5.00. The van der Waals surface area contributed by atoms with Gasteiger partial charge in [0.25, 0.3) is 0 Å². The molecule has 0 aliphatic carbocycles. The molecule has 0 aliphatic heterocycles. The summed E-state index contributed by atoms with van der Waals surface area (Å²) in [6.45, 7) is 1.72. The molecule has 0 spiro atoms. The zero-order valence-corrected chi connectivity index (χ0v) is 11.0. The standard InChI is InChI=1S/C11H12BrClO3/c1-2-7(11(15)16)10(14)8-5-6(12)3-4-9(8)13/h3-5,7,10,14H,2H2,1H3,(H,15,16). The van der Waals surface area contributed by atoms with Crippen molar-refractivity contribution in [3.8, 4) is 0 Å². The smallest absolute Gasteiger partial charge is 0.309 e. The van der Waals surface area contributed by atoms with E-state index in [2.05, 4.69) is 15.9 Å². The van der Waals surface area contributed by atoms with E-state index in [1.54, 1.807) is 25.1 Å². The number of carboxylic acids is 1. The van der Waals surface area contributed by atoms with Crippen LogP contribution in [-0.4, -0.2) is 16.2 Å². The highest BCUT2D eigenvalue weighted by molar-refractivity contribution is 9.10. The molecular formula is C11H12BrClO3. The van der Waals surface area contributed by atoms with E-state index < -0.39 is 18.0 Å². The molecule has 0 bridgehead atoms. The average molecular weight is 308 g/mol. The second kappa shape index (κ2) is 5.66. The predicted octanol–water partition coefficient (Wildman–Crippen LogP) is 3.25. The lowest BCUT2D eigenvalue weighted by Gasteiger charge is -2.19. The summed E-state index contributed by atoms with van der Waals surface area (Å²) in [4.78, 5) is 10.9. The van der Waals surface area contributed by atoms with Crippen molar-refractivity contribution in [3.05, 3.63) is 33.3 Å². The average Bonchev–Trinajstić information content (AvgIpc) is 2.22. The van der Waals surface area contributed by atoms with Crippen molar-refractivity contribution < 1.29 is 15.0 Å². The van der Waals surface area contributed by atoms with Crippen LogP contribution in [0.25, 0.3) is 0 Å². The Morgan fingerprint density at radius 2 is 2.19 bits per heavy atom. The van der Waals surface area contributed by atoms with E-state index in [1.807, 2.05) is 0 Å². The second-order valence-electron chi connectivity index (χ2n) is 3.46. The van der Waals surface area contributed by atoms with Gasteiger partial charge in [0, 0.05) is 15.1 Å². The maximum atomic E-state index is 10.9. The van der Waals surface area contributed by atoms with E-state index in [0.717, 1.165) is 4.47 Å². The van der Waals surface area contributed by atoms with Crippen LogP contribution in [0.3, 0.4) is 0 Å². The van der Waals surface area contributed by atoms with Gasteiger partial charge in [0.2, 0.25) is 0 Å². The van der Waals surface area contributed by atoms with E-state index >= 15 is 0 Å². The molecule has 0 saturated carbocycles. The molecule has 2 unspecified atom stereocenters. The second-order valence-corrected chi connectivity index (χ2v) is 4.79. The number of halogens is 2. The lowest BCUT2D eigenvalue weighted by atomic mass is 9.93. The SMILES string of the molecule is CCC(C(=O)O)C(O)c1cc(Br)ccc1Cl. The van der Waals surface area contributed by atoms with Crippen LogP contribution in [0.1, 0.15) is 25.0 Å². The molecule has 0 amide bonds. The molecule has 5 heteroatoms. The van der Waals surface area contributed by atoms with E-state index in [9.17, 15) is 9.90 Å². The van der Waals surface area contributed by atoms with E-state index in [1.165, 1.54) is 0 Å². The van der Waals surface area contributed by atoms with Crippen LogP contribution >= 0.6 is 27.5 Å². The normalized spacial score (nSPS) is 14.5. The van der Waals surface area contributed by atoms with Gasteiger partial charge in [-0.3, -0.25) is 4.79 Å². The zero-order chi connectivity index (χ0) is 12.3. The number of rotatable bonds is 4. The number of carboxylic acid groups (broad SMARTS) is 1. The quantitative estimate of drug-likeness (QED) is 0.898. The Bertz CT molecular complexity index is 395. The third kappa shape index (κ3) is 2.97. The number of benzene rings is 1. The van der Waals surface area contributed by atoms with Gasteiger partial charge in [-0.15, -0.1) is 0 Å². The number of aliphatic carboxylic acids is 1. The molecule has 3 nitrogen and oxygen atoms in total. The van der Waals surface area contributed by atoms with Crippen molar-refractivity contribution in [1.29, 1.82) is 0 Å². The van der Waals surface area contributed by atoms with Gasteiger partial charge in [-0.1, -0.05) is 34.5 Å². The summed E-state index contributed by atoms with van der Waals surface area (Å²) in [6.07, 6.45) is -0.744. The topological polar surface area (TPSA) is 57.5 Å². The van der Waals surface area contributed by atoms with Crippen LogP contribution in [-0.2, 0) is 4.79 Å². The maximum Gasteiger partial charge on any atom is 0.309 e. The third-order valence-electron chi connectivity index (χ3n) is 2.41. The van der Waals surface area contributed by atoms with Gasteiger partial charge in [0.05, 0.1) is 12.0 Å². The number of hydrogen-bond donors (Lipinski definition) is 2. The maximum absolute atomic E-state index is 10.9. The lowest BCUT2D eigenvalue weighted by molar-refractivity contribution is -0.146. The largest absolute Gasteiger partial charge is 0.481 e. The predicted molar refractivity (Wildman–Crippen MR) is 65.5 cm³/mol. The summed E-state index contributed by atoms with van der Waals surface area (Å²) < 4.78 is 0.756. The molecule has 1 aromatic carbocycles. The summed E-state index contributed by atoms with van der Waals surface area (Å²) in [5.74, 6) is -1.86. The fourth-order valence-corrected chi connectivity index (χ4v) is 2.10. The van der Waals surface area contributed by atoms with Gasteiger partial charge in [-0.25, -0.2) is 0 Å². The Balaban J connectivity index is 3.07. The van der Waals surface area contributed by atoms with E-state index in [4.69, 9.17) is 16.7 Å². The highest BCUT2D eigenvalue weighted by atomic mass is 79.9. The molecule has 0 saturated heterocycles. The first-order chi connectivity index (χ1) is 7.47. The van der Waals surface area contributed by atoms with Gasteiger partial charge < -0.3 is 10.2 Å². The van der Waals surface area contributed by atoms with Crippen molar-refractivity contribution in [2.24, 2.45) is 5.92 Å². The molecule has 1 rings (SSSR count). The molecular weight excluding hydrogens is 295 g/mol. The van der Waals surface area contributed by atoms with Gasteiger partial charge in [0.1, 0.15) is 0 Å². The molecule has 88 valence electrons. The first kappa shape index (κ1) is 13.5.